The third kappa shape index (κ3) is 13.9. The lowest BCUT2D eigenvalue weighted by molar-refractivity contribution is -0.126. The summed E-state index contributed by atoms with van der Waals surface area (Å²) in [6, 6.07) is 0. The molecule has 27 heavy (non-hydrogen) atoms. The Kier molecular flexibility index (Phi) is 15.7. The molecule has 0 radical (unpaired) electrons. The topological polar surface area (TPSA) is 94.8 Å². The second-order valence-corrected chi connectivity index (χ2v) is 7.12. The van der Waals surface area contributed by atoms with E-state index in [1.54, 1.807) is 13.8 Å². The maximum absolute atomic E-state index is 14.4. The molecule has 0 fully saturated rings. The summed E-state index contributed by atoms with van der Waals surface area (Å²) in [7, 11) is 0. The smallest absolute Gasteiger partial charge is 0.222 e. The van der Waals surface area contributed by atoms with Gasteiger partial charge in [-0.15, -0.1) is 0 Å². The first kappa shape index (κ1) is 26.2. The fourth-order valence-corrected chi connectivity index (χ4v) is 2.33. The standard InChI is InChI=1S/C19H40FN3O4/c1-5-6-16(2)18(24)23-15-17(20)19(3,4)27-14-13-26-12-9-22-8-11-25-10-7-21/h16-17,22H,5-15,21H2,1-4H3,(H,23,24). The second-order valence-electron chi connectivity index (χ2n) is 7.12. The van der Waals surface area contributed by atoms with E-state index in [1.807, 2.05) is 13.8 Å². The molecule has 0 bridgehead atoms. The highest BCUT2D eigenvalue weighted by atomic mass is 19.1. The van der Waals surface area contributed by atoms with Crippen LogP contribution in [0.25, 0.3) is 0 Å². The van der Waals surface area contributed by atoms with Crippen LogP contribution in [0.1, 0.15) is 40.5 Å². The van der Waals surface area contributed by atoms with Crippen molar-refractivity contribution in [1.82, 2.24) is 10.6 Å². The van der Waals surface area contributed by atoms with Crippen molar-refractivity contribution in [3.63, 3.8) is 0 Å². The number of halogens is 1. The molecule has 0 saturated heterocycles. The predicted octanol–water partition coefficient (Wildman–Crippen LogP) is 1.25. The molecule has 0 aliphatic rings. The summed E-state index contributed by atoms with van der Waals surface area (Å²) in [4.78, 5) is 11.9. The van der Waals surface area contributed by atoms with Crippen LogP contribution in [0, 0.1) is 5.92 Å². The molecule has 1 amide bonds. The van der Waals surface area contributed by atoms with Gasteiger partial charge < -0.3 is 30.6 Å². The van der Waals surface area contributed by atoms with Crippen LogP contribution < -0.4 is 16.4 Å². The molecule has 0 rings (SSSR count). The molecular weight excluding hydrogens is 353 g/mol. The van der Waals surface area contributed by atoms with Crippen molar-refractivity contribution < 1.29 is 23.4 Å². The van der Waals surface area contributed by atoms with Gasteiger partial charge in [-0.1, -0.05) is 20.3 Å². The van der Waals surface area contributed by atoms with E-state index in [4.69, 9.17) is 19.9 Å². The summed E-state index contributed by atoms with van der Waals surface area (Å²) in [5.74, 6) is -0.208. The Balaban J connectivity index is 3.73. The van der Waals surface area contributed by atoms with E-state index in [2.05, 4.69) is 10.6 Å². The summed E-state index contributed by atoms with van der Waals surface area (Å²) >= 11 is 0. The van der Waals surface area contributed by atoms with E-state index in [1.165, 1.54) is 0 Å². The number of carbonyl (C=O) groups is 1. The third-order valence-corrected chi connectivity index (χ3v) is 4.19. The van der Waals surface area contributed by atoms with Crippen LogP contribution in [0.3, 0.4) is 0 Å². The van der Waals surface area contributed by atoms with Crippen LogP contribution in [0.5, 0.6) is 0 Å². The lowest BCUT2D eigenvalue weighted by Gasteiger charge is -2.29. The van der Waals surface area contributed by atoms with Crippen LogP contribution in [-0.4, -0.2) is 76.9 Å². The van der Waals surface area contributed by atoms with Crippen molar-refractivity contribution in [2.75, 3.05) is 59.2 Å². The average molecular weight is 394 g/mol. The van der Waals surface area contributed by atoms with Crippen molar-refractivity contribution in [2.45, 2.75) is 52.3 Å². The van der Waals surface area contributed by atoms with Crippen molar-refractivity contribution in [3.8, 4) is 0 Å². The molecule has 162 valence electrons. The zero-order valence-corrected chi connectivity index (χ0v) is 17.5. The lowest BCUT2D eigenvalue weighted by atomic mass is 10.0. The Labute approximate surface area is 163 Å². The van der Waals surface area contributed by atoms with Crippen molar-refractivity contribution in [2.24, 2.45) is 11.7 Å². The van der Waals surface area contributed by atoms with E-state index in [0.717, 1.165) is 19.4 Å². The van der Waals surface area contributed by atoms with Gasteiger partial charge in [0.25, 0.3) is 0 Å². The summed E-state index contributed by atoms with van der Waals surface area (Å²) in [5, 5.41) is 5.85. The van der Waals surface area contributed by atoms with Gasteiger partial charge in [0, 0.05) is 25.6 Å². The van der Waals surface area contributed by atoms with Crippen molar-refractivity contribution >= 4 is 5.91 Å². The number of nitrogens with one attached hydrogen (secondary N) is 2. The lowest BCUT2D eigenvalue weighted by Crippen LogP contribution is -2.45. The fraction of sp³-hybridized carbons (Fsp3) is 0.947. The maximum Gasteiger partial charge on any atom is 0.222 e. The number of carbonyl (C=O) groups excluding carboxylic acids is 1. The van der Waals surface area contributed by atoms with Gasteiger partial charge in [0.2, 0.25) is 5.91 Å². The molecule has 0 heterocycles. The Morgan fingerprint density at radius 1 is 1.11 bits per heavy atom. The predicted molar refractivity (Wildman–Crippen MR) is 106 cm³/mol. The molecule has 0 saturated carbocycles. The van der Waals surface area contributed by atoms with Gasteiger partial charge >= 0.3 is 0 Å². The van der Waals surface area contributed by atoms with Gasteiger partial charge in [-0.2, -0.15) is 0 Å². The molecule has 0 aromatic rings. The number of amides is 1. The van der Waals surface area contributed by atoms with Crippen molar-refractivity contribution in [1.29, 1.82) is 0 Å². The van der Waals surface area contributed by atoms with Crippen LogP contribution in [0.15, 0.2) is 0 Å². The highest BCUT2D eigenvalue weighted by Gasteiger charge is 2.31. The molecule has 0 aromatic heterocycles. The molecule has 7 nitrogen and oxygen atoms in total. The number of hydrogen-bond acceptors (Lipinski definition) is 6. The minimum absolute atomic E-state index is 0.0447. The van der Waals surface area contributed by atoms with E-state index in [9.17, 15) is 9.18 Å². The number of ether oxygens (including phenoxy) is 3. The SMILES string of the molecule is CCCC(C)C(=O)NCC(F)C(C)(C)OCCOCCNCCOCCN. The first-order chi connectivity index (χ1) is 12.8. The highest BCUT2D eigenvalue weighted by Crippen LogP contribution is 2.18. The normalized spacial score (nSPS) is 14.1. The highest BCUT2D eigenvalue weighted by molar-refractivity contribution is 5.78. The van der Waals surface area contributed by atoms with Crippen LogP contribution in [0.4, 0.5) is 4.39 Å². The van der Waals surface area contributed by atoms with Gasteiger partial charge in [0.15, 0.2) is 0 Å². The second kappa shape index (κ2) is 16.2. The molecule has 8 heteroatoms. The zero-order chi connectivity index (χ0) is 20.5. The first-order valence-electron chi connectivity index (χ1n) is 9.97. The Morgan fingerprint density at radius 2 is 1.74 bits per heavy atom. The Bertz CT molecular complexity index is 373. The molecule has 4 N–H and O–H groups in total. The summed E-state index contributed by atoms with van der Waals surface area (Å²) < 4.78 is 30.7. The van der Waals surface area contributed by atoms with E-state index in [-0.39, 0.29) is 18.4 Å². The summed E-state index contributed by atoms with van der Waals surface area (Å²) in [6.07, 6.45) is 0.445. The number of rotatable bonds is 18. The number of nitrogens with two attached hydrogens (primary N) is 1. The van der Waals surface area contributed by atoms with Gasteiger partial charge in [-0.25, -0.2) is 4.39 Å². The summed E-state index contributed by atoms with van der Waals surface area (Å²) in [5.41, 5.74) is 4.34. The fourth-order valence-electron chi connectivity index (χ4n) is 2.33. The first-order valence-corrected chi connectivity index (χ1v) is 9.97. The van der Waals surface area contributed by atoms with Gasteiger partial charge in [-0.05, 0) is 20.3 Å². The molecule has 2 unspecified atom stereocenters. The molecule has 2 atom stereocenters. The van der Waals surface area contributed by atoms with E-state index < -0.39 is 11.8 Å². The van der Waals surface area contributed by atoms with E-state index in [0.29, 0.717) is 46.1 Å². The number of alkyl halides is 1. The molecule has 0 aliphatic carbocycles. The largest absolute Gasteiger partial charge is 0.379 e. The van der Waals surface area contributed by atoms with Gasteiger partial charge in [0.1, 0.15) is 6.17 Å². The van der Waals surface area contributed by atoms with Crippen LogP contribution in [0.2, 0.25) is 0 Å². The van der Waals surface area contributed by atoms with Gasteiger partial charge in [-0.3, -0.25) is 4.79 Å². The third-order valence-electron chi connectivity index (χ3n) is 4.19. The molecule has 0 aliphatic heterocycles. The zero-order valence-electron chi connectivity index (χ0n) is 17.5. The monoisotopic (exact) mass is 393 g/mol. The number of hydrogen-bond donors (Lipinski definition) is 3. The van der Waals surface area contributed by atoms with Crippen LogP contribution in [-0.2, 0) is 19.0 Å². The van der Waals surface area contributed by atoms with Gasteiger partial charge in [0.05, 0.1) is 45.2 Å². The van der Waals surface area contributed by atoms with Crippen LogP contribution >= 0.6 is 0 Å². The molecular formula is C19H40FN3O4. The maximum atomic E-state index is 14.4. The quantitative estimate of drug-likeness (QED) is 0.304. The minimum atomic E-state index is -1.29. The minimum Gasteiger partial charge on any atom is -0.379 e. The molecule has 0 spiro atoms. The Hall–Kier alpha value is -0.800. The molecule has 0 aromatic carbocycles. The Morgan fingerprint density at radius 3 is 2.33 bits per heavy atom. The summed E-state index contributed by atoms with van der Waals surface area (Å²) in [6.45, 7) is 11.6. The van der Waals surface area contributed by atoms with Crippen molar-refractivity contribution in [3.05, 3.63) is 0 Å². The average Bonchev–Trinajstić information content (AvgIpc) is 2.63. The van der Waals surface area contributed by atoms with E-state index >= 15 is 0 Å².